The van der Waals surface area contributed by atoms with Crippen LogP contribution in [0, 0.1) is 5.82 Å². The molecule has 27 heavy (non-hydrogen) atoms. The molecule has 134 valence electrons. The summed E-state index contributed by atoms with van der Waals surface area (Å²) in [6.45, 7) is 0. The summed E-state index contributed by atoms with van der Waals surface area (Å²) in [7, 11) is 0. The maximum atomic E-state index is 13.8. The molecule has 1 N–H and O–H groups in total. The molecule has 0 radical (unpaired) electrons. The third-order valence-electron chi connectivity index (χ3n) is 4.04. The summed E-state index contributed by atoms with van der Waals surface area (Å²) in [4.78, 5) is 16.6. The first-order valence-corrected chi connectivity index (χ1v) is 8.41. The van der Waals surface area contributed by atoms with Crippen LogP contribution in [-0.2, 0) is 11.2 Å². The SMILES string of the molecule is O=C(CCc1nnc(-c2ccccc2F)o1)Nc1cccc2cccnc12. The number of hydrogen-bond donors (Lipinski definition) is 1. The minimum absolute atomic E-state index is 0.0989. The fraction of sp³-hybridized carbons (Fsp3) is 0.100. The van der Waals surface area contributed by atoms with E-state index in [-0.39, 0.29) is 36.1 Å². The molecule has 0 aliphatic carbocycles. The highest BCUT2D eigenvalue weighted by atomic mass is 19.1. The van der Waals surface area contributed by atoms with E-state index in [9.17, 15) is 9.18 Å². The molecule has 0 saturated carbocycles. The van der Waals surface area contributed by atoms with Gasteiger partial charge in [0.15, 0.2) is 0 Å². The Balaban J connectivity index is 1.42. The lowest BCUT2D eigenvalue weighted by Gasteiger charge is -2.07. The zero-order valence-corrected chi connectivity index (χ0v) is 14.2. The summed E-state index contributed by atoms with van der Waals surface area (Å²) in [6.07, 6.45) is 2.09. The third kappa shape index (κ3) is 3.67. The molecule has 2 aromatic heterocycles. The van der Waals surface area contributed by atoms with Gasteiger partial charge in [-0.15, -0.1) is 10.2 Å². The number of amides is 1. The first-order chi connectivity index (χ1) is 13.2. The monoisotopic (exact) mass is 362 g/mol. The topological polar surface area (TPSA) is 80.9 Å². The zero-order valence-electron chi connectivity index (χ0n) is 14.2. The van der Waals surface area contributed by atoms with Crippen LogP contribution in [0.4, 0.5) is 10.1 Å². The van der Waals surface area contributed by atoms with E-state index in [0.29, 0.717) is 5.69 Å². The van der Waals surface area contributed by atoms with E-state index in [1.807, 2.05) is 24.3 Å². The van der Waals surface area contributed by atoms with Crippen LogP contribution >= 0.6 is 0 Å². The molecular weight excluding hydrogens is 347 g/mol. The van der Waals surface area contributed by atoms with Gasteiger partial charge in [0.25, 0.3) is 5.89 Å². The summed E-state index contributed by atoms with van der Waals surface area (Å²) in [6, 6.07) is 15.5. The number of nitrogens with zero attached hydrogens (tertiary/aromatic N) is 3. The van der Waals surface area contributed by atoms with E-state index in [0.717, 1.165) is 10.9 Å². The summed E-state index contributed by atoms with van der Waals surface area (Å²) >= 11 is 0. The lowest BCUT2D eigenvalue weighted by atomic mass is 10.2. The molecule has 0 fully saturated rings. The van der Waals surface area contributed by atoms with Crippen molar-refractivity contribution < 1.29 is 13.6 Å². The van der Waals surface area contributed by atoms with Crippen molar-refractivity contribution in [2.45, 2.75) is 12.8 Å². The molecule has 4 rings (SSSR count). The van der Waals surface area contributed by atoms with E-state index in [2.05, 4.69) is 20.5 Å². The molecule has 1 amide bonds. The number of carbonyl (C=O) groups excluding carboxylic acids is 1. The number of hydrogen-bond acceptors (Lipinski definition) is 5. The van der Waals surface area contributed by atoms with Gasteiger partial charge < -0.3 is 9.73 Å². The predicted molar refractivity (Wildman–Crippen MR) is 98.4 cm³/mol. The second-order valence-electron chi connectivity index (χ2n) is 5.91. The van der Waals surface area contributed by atoms with Crippen LogP contribution in [0.1, 0.15) is 12.3 Å². The fourth-order valence-electron chi connectivity index (χ4n) is 2.74. The molecule has 4 aromatic rings. The number of carbonyl (C=O) groups is 1. The van der Waals surface area contributed by atoms with E-state index in [4.69, 9.17) is 4.42 Å². The Labute approximate surface area is 154 Å². The minimum atomic E-state index is -0.436. The molecule has 0 bridgehead atoms. The van der Waals surface area contributed by atoms with Crippen LogP contribution in [0.25, 0.3) is 22.4 Å². The van der Waals surface area contributed by atoms with E-state index in [1.54, 1.807) is 30.5 Å². The highest BCUT2D eigenvalue weighted by Gasteiger charge is 2.14. The van der Waals surface area contributed by atoms with Crippen molar-refractivity contribution in [2.24, 2.45) is 0 Å². The van der Waals surface area contributed by atoms with Gasteiger partial charge in [0.05, 0.1) is 16.8 Å². The zero-order chi connectivity index (χ0) is 18.6. The van der Waals surface area contributed by atoms with Gasteiger partial charge in [0, 0.05) is 24.4 Å². The first kappa shape index (κ1) is 16.8. The number of benzene rings is 2. The molecule has 0 aliphatic rings. The number of fused-ring (bicyclic) bond motifs is 1. The molecule has 2 heterocycles. The number of anilines is 1. The fourth-order valence-corrected chi connectivity index (χ4v) is 2.74. The molecule has 0 atom stereocenters. The number of para-hydroxylation sites is 1. The van der Waals surface area contributed by atoms with E-state index in [1.165, 1.54) is 6.07 Å². The smallest absolute Gasteiger partial charge is 0.250 e. The average Bonchev–Trinajstić information content (AvgIpc) is 3.16. The van der Waals surface area contributed by atoms with Gasteiger partial charge in [-0.3, -0.25) is 9.78 Å². The molecular formula is C20H15FN4O2. The summed E-state index contributed by atoms with van der Waals surface area (Å²) in [5.41, 5.74) is 1.62. The minimum Gasteiger partial charge on any atom is -0.421 e. The van der Waals surface area contributed by atoms with Gasteiger partial charge in [-0.2, -0.15) is 0 Å². The lowest BCUT2D eigenvalue weighted by Crippen LogP contribution is -2.13. The van der Waals surface area contributed by atoms with E-state index >= 15 is 0 Å². The van der Waals surface area contributed by atoms with Crippen molar-refractivity contribution in [1.82, 2.24) is 15.2 Å². The number of aromatic nitrogens is 3. The van der Waals surface area contributed by atoms with Crippen molar-refractivity contribution in [1.29, 1.82) is 0 Å². The molecule has 0 aliphatic heterocycles. The maximum Gasteiger partial charge on any atom is 0.250 e. The summed E-state index contributed by atoms with van der Waals surface area (Å²) in [5, 5.41) is 11.5. The van der Waals surface area contributed by atoms with Crippen molar-refractivity contribution in [3.8, 4) is 11.5 Å². The summed E-state index contributed by atoms with van der Waals surface area (Å²) < 4.78 is 19.2. The number of pyridine rings is 1. The van der Waals surface area contributed by atoms with Crippen LogP contribution in [0.15, 0.2) is 65.2 Å². The molecule has 7 heteroatoms. The van der Waals surface area contributed by atoms with Gasteiger partial charge in [-0.25, -0.2) is 4.39 Å². The van der Waals surface area contributed by atoms with Crippen molar-refractivity contribution in [3.05, 3.63) is 72.5 Å². The van der Waals surface area contributed by atoms with Crippen molar-refractivity contribution in [2.75, 3.05) is 5.32 Å². The molecule has 2 aromatic carbocycles. The van der Waals surface area contributed by atoms with Gasteiger partial charge in [-0.05, 0) is 24.3 Å². The van der Waals surface area contributed by atoms with E-state index < -0.39 is 5.82 Å². The normalized spacial score (nSPS) is 10.9. The number of aryl methyl sites for hydroxylation is 1. The Morgan fingerprint density at radius 2 is 1.89 bits per heavy atom. The Hall–Kier alpha value is -3.61. The largest absolute Gasteiger partial charge is 0.421 e. The molecule has 6 nitrogen and oxygen atoms in total. The predicted octanol–water partition coefficient (Wildman–Crippen LogP) is 4.00. The van der Waals surface area contributed by atoms with Crippen LogP contribution < -0.4 is 5.32 Å². The van der Waals surface area contributed by atoms with Crippen LogP contribution in [-0.4, -0.2) is 21.1 Å². The Morgan fingerprint density at radius 3 is 2.78 bits per heavy atom. The lowest BCUT2D eigenvalue weighted by molar-refractivity contribution is -0.116. The Bertz CT molecular complexity index is 1100. The van der Waals surface area contributed by atoms with Gasteiger partial charge in [-0.1, -0.05) is 30.3 Å². The number of halogens is 1. The molecule has 0 saturated heterocycles. The van der Waals surface area contributed by atoms with Gasteiger partial charge >= 0.3 is 0 Å². The highest BCUT2D eigenvalue weighted by Crippen LogP contribution is 2.22. The number of nitrogens with one attached hydrogen (secondary N) is 1. The van der Waals surface area contributed by atoms with Crippen molar-refractivity contribution >= 4 is 22.5 Å². The van der Waals surface area contributed by atoms with Gasteiger partial charge in [0.2, 0.25) is 11.8 Å². The number of rotatable bonds is 5. The molecule has 0 spiro atoms. The van der Waals surface area contributed by atoms with Gasteiger partial charge in [0.1, 0.15) is 5.82 Å². The quantitative estimate of drug-likeness (QED) is 0.580. The average molecular weight is 362 g/mol. The van der Waals surface area contributed by atoms with Crippen LogP contribution in [0.2, 0.25) is 0 Å². The summed E-state index contributed by atoms with van der Waals surface area (Å²) in [5.74, 6) is -0.256. The second-order valence-corrected chi connectivity index (χ2v) is 5.91. The third-order valence-corrected chi connectivity index (χ3v) is 4.04. The Morgan fingerprint density at radius 1 is 1.04 bits per heavy atom. The first-order valence-electron chi connectivity index (χ1n) is 8.41. The second kappa shape index (κ2) is 7.33. The Kier molecular flexibility index (Phi) is 4.57. The van der Waals surface area contributed by atoms with Crippen LogP contribution in [0.5, 0.6) is 0 Å². The van der Waals surface area contributed by atoms with Crippen molar-refractivity contribution in [3.63, 3.8) is 0 Å². The highest BCUT2D eigenvalue weighted by molar-refractivity contribution is 6.00. The van der Waals surface area contributed by atoms with Crippen LogP contribution in [0.3, 0.4) is 0 Å². The maximum absolute atomic E-state index is 13.8. The molecule has 0 unspecified atom stereocenters. The standard InChI is InChI=1S/C20H15FN4O2/c21-15-8-2-1-7-14(15)20-25-24-18(27-20)11-10-17(26)23-16-9-3-5-13-6-4-12-22-19(13)16/h1-9,12H,10-11H2,(H,23,26).